The summed E-state index contributed by atoms with van der Waals surface area (Å²) in [5, 5.41) is 17.1. The molecule has 3 aromatic rings. The number of anilines is 5. The van der Waals surface area contributed by atoms with Gasteiger partial charge < -0.3 is 20.2 Å². The Morgan fingerprint density at radius 3 is 2.58 bits per heavy atom. The van der Waals surface area contributed by atoms with Crippen molar-refractivity contribution in [1.29, 1.82) is 0 Å². The molecule has 2 bridgehead atoms. The van der Waals surface area contributed by atoms with E-state index in [2.05, 4.69) is 44.3 Å². The summed E-state index contributed by atoms with van der Waals surface area (Å²) < 4.78 is 0. The summed E-state index contributed by atoms with van der Waals surface area (Å²) in [7, 11) is 2.15. The molecule has 1 fully saturated rings. The zero-order valence-electron chi connectivity index (χ0n) is 21.9. The summed E-state index contributed by atoms with van der Waals surface area (Å²) in [6.45, 7) is 6.37. The molecule has 10 heteroatoms. The first kappa shape index (κ1) is 25.6. The van der Waals surface area contributed by atoms with Gasteiger partial charge in [-0.1, -0.05) is 18.2 Å². The molecule has 2 aliphatic heterocycles. The number of rotatable bonds is 5. The highest BCUT2D eigenvalue weighted by atomic mass is 16.3. The number of aliphatic hydroxyl groups is 1. The topological polar surface area (TPSA) is 101 Å². The molecule has 38 heavy (non-hydrogen) atoms. The summed E-state index contributed by atoms with van der Waals surface area (Å²) >= 11 is 0. The number of hydrogen-bond acceptors (Lipinski definition) is 9. The molecule has 2 N–H and O–H groups in total. The number of likely N-dealkylation sites (N-methyl/N-ethyl adjacent to an activating group) is 1. The van der Waals surface area contributed by atoms with Gasteiger partial charge in [-0.15, -0.1) is 0 Å². The molecule has 5 rings (SSSR count). The van der Waals surface area contributed by atoms with Gasteiger partial charge in [0.2, 0.25) is 12.4 Å². The number of aryl methyl sites for hydroxylation is 1. The second-order valence-electron chi connectivity index (χ2n) is 9.69. The number of hydrazine groups is 1. The number of carbonyl (C=O) groups excluding carboxylic acids is 1. The largest absolute Gasteiger partial charge is 0.387 e. The minimum Gasteiger partial charge on any atom is -0.387 e. The van der Waals surface area contributed by atoms with Gasteiger partial charge in [0.1, 0.15) is 0 Å². The third-order valence-corrected chi connectivity index (χ3v) is 6.90. The molecule has 0 spiro atoms. The molecule has 1 unspecified atom stereocenters. The first-order valence-electron chi connectivity index (χ1n) is 13.0. The van der Waals surface area contributed by atoms with Crippen LogP contribution in [0.5, 0.6) is 0 Å². The zero-order valence-corrected chi connectivity index (χ0v) is 21.9. The first-order valence-corrected chi connectivity index (χ1v) is 13.0. The van der Waals surface area contributed by atoms with E-state index in [-0.39, 0.29) is 0 Å². The van der Waals surface area contributed by atoms with Crippen molar-refractivity contribution in [1.82, 2.24) is 24.9 Å². The second kappa shape index (κ2) is 11.6. The quantitative estimate of drug-likeness (QED) is 0.391. The molecule has 2 aromatic heterocycles. The Morgan fingerprint density at radius 2 is 1.82 bits per heavy atom. The van der Waals surface area contributed by atoms with E-state index in [4.69, 9.17) is 4.98 Å². The summed E-state index contributed by atoms with van der Waals surface area (Å²) in [5.74, 6) is 1.42. The molecule has 198 valence electrons. The van der Waals surface area contributed by atoms with Crippen LogP contribution < -0.4 is 15.2 Å². The Kier molecular flexibility index (Phi) is 7.81. The third kappa shape index (κ3) is 5.76. The van der Waals surface area contributed by atoms with Gasteiger partial charge in [0.05, 0.1) is 18.3 Å². The van der Waals surface area contributed by atoms with Gasteiger partial charge in [0, 0.05) is 49.3 Å². The lowest BCUT2D eigenvalue weighted by Gasteiger charge is -2.34. The van der Waals surface area contributed by atoms with Crippen LogP contribution in [-0.2, 0) is 4.79 Å². The predicted octanol–water partition coefficient (Wildman–Crippen LogP) is 3.57. The number of allylic oxidation sites excluding steroid dienone is 1. The summed E-state index contributed by atoms with van der Waals surface area (Å²) in [4.78, 5) is 30.9. The van der Waals surface area contributed by atoms with Gasteiger partial charge in [-0.25, -0.2) is 20.0 Å². The number of aromatic nitrogens is 3. The molecular formula is C28H34N8O2. The minimum absolute atomic E-state index is 0.339. The van der Waals surface area contributed by atoms with E-state index in [1.165, 1.54) is 10.7 Å². The number of benzene rings is 1. The van der Waals surface area contributed by atoms with Crippen molar-refractivity contribution in [3.63, 3.8) is 0 Å². The number of carbonyl (C=O) groups is 1. The molecule has 10 nitrogen and oxygen atoms in total. The highest BCUT2D eigenvalue weighted by Crippen LogP contribution is 2.30. The van der Waals surface area contributed by atoms with Crippen molar-refractivity contribution in [2.24, 2.45) is 0 Å². The van der Waals surface area contributed by atoms with E-state index >= 15 is 0 Å². The van der Waals surface area contributed by atoms with E-state index in [0.29, 0.717) is 42.7 Å². The lowest BCUT2D eigenvalue weighted by Crippen LogP contribution is -2.44. The van der Waals surface area contributed by atoms with Crippen LogP contribution in [0.2, 0.25) is 0 Å². The van der Waals surface area contributed by atoms with E-state index in [9.17, 15) is 9.90 Å². The van der Waals surface area contributed by atoms with Crippen LogP contribution in [-0.4, -0.2) is 76.1 Å². The number of amides is 1. The number of pyridine rings is 1. The van der Waals surface area contributed by atoms with E-state index < -0.39 is 6.10 Å². The van der Waals surface area contributed by atoms with E-state index in [1.54, 1.807) is 23.3 Å². The SMILES string of the molecule is Cc1cnc(Nc2ccc(N3CCN(C)CC3)cc2)nc1N1c2cccc(n2)C(O)CC/C=C\CN1C=O. The highest BCUT2D eigenvalue weighted by Gasteiger charge is 2.24. The molecule has 0 radical (unpaired) electrons. The molecule has 4 heterocycles. The molecule has 0 saturated carbocycles. The molecular weight excluding hydrogens is 480 g/mol. The Hall–Kier alpha value is -4.02. The Labute approximate surface area is 223 Å². The Bertz CT molecular complexity index is 1270. The summed E-state index contributed by atoms with van der Waals surface area (Å²) in [6.07, 6.45) is 6.93. The molecule has 1 saturated heterocycles. The maximum absolute atomic E-state index is 12.2. The average Bonchev–Trinajstić information content (AvgIpc) is 2.96. The van der Waals surface area contributed by atoms with Gasteiger partial charge in [-0.2, -0.15) is 4.98 Å². The fraction of sp³-hybridized carbons (Fsp3) is 0.357. The Morgan fingerprint density at radius 1 is 1.03 bits per heavy atom. The summed E-state index contributed by atoms with van der Waals surface area (Å²) in [6, 6.07) is 13.7. The van der Waals surface area contributed by atoms with Gasteiger partial charge >= 0.3 is 0 Å². The van der Waals surface area contributed by atoms with Crippen LogP contribution in [0.4, 0.5) is 29.0 Å². The van der Waals surface area contributed by atoms with Crippen LogP contribution >= 0.6 is 0 Å². The third-order valence-electron chi connectivity index (χ3n) is 6.90. The maximum atomic E-state index is 12.2. The summed E-state index contributed by atoms with van der Waals surface area (Å²) in [5.41, 5.74) is 3.40. The monoisotopic (exact) mass is 514 g/mol. The number of nitrogens with one attached hydrogen (secondary N) is 1. The fourth-order valence-corrected chi connectivity index (χ4v) is 4.64. The van der Waals surface area contributed by atoms with Crippen molar-refractivity contribution in [3.8, 4) is 0 Å². The van der Waals surface area contributed by atoms with Crippen LogP contribution in [0.3, 0.4) is 0 Å². The smallest absolute Gasteiger partial charge is 0.229 e. The second-order valence-corrected chi connectivity index (χ2v) is 9.69. The van der Waals surface area contributed by atoms with E-state index in [1.807, 2.05) is 37.3 Å². The van der Waals surface area contributed by atoms with E-state index in [0.717, 1.165) is 43.8 Å². The average molecular weight is 515 g/mol. The van der Waals surface area contributed by atoms with Gasteiger partial charge in [-0.3, -0.25) is 4.79 Å². The van der Waals surface area contributed by atoms with Gasteiger partial charge in [0.25, 0.3) is 0 Å². The number of nitrogens with zero attached hydrogens (tertiary/aromatic N) is 7. The van der Waals surface area contributed by atoms with Gasteiger partial charge in [-0.05, 0) is 63.2 Å². The minimum atomic E-state index is -0.693. The number of hydrogen-bond donors (Lipinski definition) is 2. The number of aliphatic hydroxyl groups excluding tert-OH is 1. The molecule has 2 aliphatic rings. The predicted molar refractivity (Wildman–Crippen MR) is 149 cm³/mol. The lowest BCUT2D eigenvalue weighted by molar-refractivity contribution is -0.117. The standard InChI is InChI=1S/C28H34N8O2/c1-21-19-29-28(30-22-10-12-23(13-11-22)34-17-15-33(2)16-18-34)32-27(21)36-26-9-6-7-24(31-26)25(38)8-4-3-5-14-35(36)20-37/h3,5-7,9-13,19-20,25,38H,4,8,14-18H2,1-2H3,(H,29,30,32)/b5-3-. The van der Waals surface area contributed by atoms with Crippen molar-refractivity contribution in [2.45, 2.75) is 25.9 Å². The van der Waals surface area contributed by atoms with Crippen molar-refractivity contribution >= 4 is 35.4 Å². The van der Waals surface area contributed by atoms with Crippen molar-refractivity contribution in [2.75, 3.05) is 55.0 Å². The number of piperazine rings is 1. The van der Waals surface area contributed by atoms with Crippen molar-refractivity contribution < 1.29 is 9.90 Å². The first-order chi connectivity index (χ1) is 18.5. The maximum Gasteiger partial charge on any atom is 0.229 e. The van der Waals surface area contributed by atoms with Crippen LogP contribution in [0.1, 0.15) is 30.2 Å². The molecule has 1 amide bonds. The molecule has 1 aromatic carbocycles. The molecule has 0 aliphatic carbocycles. The van der Waals surface area contributed by atoms with Crippen molar-refractivity contribution in [3.05, 3.63) is 72.1 Å². The zero-order chi connectivity index (χ0) is 26.5. The Balaban J connectivity index is 1.43. The van der Waals surface area contributed by atoms with Crippen LogP contribution in [0.25, 0.3) is 0 Å². The van der Waals surface area contributed by atoms with Gasteiger partial charge in [0.15, 0.2) is 11.6 Å². The van der Waals surface area contributed by atoms with Crippen LogP contribution in [0, 0.1) is 6.92 Å². The normalized spacial score (nSPS) is 19.6. The van der Waals surface area contributed by atoms with Crippen LogP contribution in [0.15, 0.2) is 60.8 Å². The number of fused-ring (bicyclic) bond motifs is 2. The fourth-order valence-electron chi connectivity index (χ4n) is 4.64. The molecule has 1 atom stereocenters. The lowest BCUT2D eigenvalue weighted by atomic mass is 10.1. The highest BCUT2D eigenvalue weighted by molar-refractivity contribution is 5.67.